The molecule has 2 amide bonds. The summed E-state index contributed by atoms with van der Waals surface area (Å²) in [7, 11) is -3.72. The molecule has 0 bridgehead atoms. The van der Waals surface area contributed by atoms with Crippen LogP contribution in [-0.4, -0.2) is 33.3 Å². The van der Waals surface area contributed by atoms with Gasteiger partial charge in [-0.3, -0.25) is 9.59 Å². The number of rotatable bonds is 8. The van der Waals surface area contributed by atoms with Crippen LogP contribution in [0, 0.1) is 6.92 Å². The van der Waals surface area contributed by atoms with E-state index in [0.717, 1.165) is 11.1 Å². The second-order valence-corrected chi connectivity index (χ2v) is 10.3. The lowest BCUT2D eigenvalue weighted by Gasteiger charge is -2.19. The number of anilines is 1. The summed E-state index contributed by atoms with van der Waals surface area (Å²) in [4.78, 5) is 24.1. The van der Waals surface area contributed by atoms with Crippen LogP contribution in [0.2, 0.25) is 5.02 Å². The van der Waals surface area contributed by atoms with Gasteiger partial charge in [-0.25, -0.2) is 13.1 Å². The van der Waals surface area contributed by atoms with E-state index in [4.69, 9.17) is 11.6 Å². The Morgan fingerprint density at radius 3 is 2.26 bits per heavy atom. The van der Waals surface area contributed by atoms with Crippen LogP contribution in [-0.2, 0) is 25.0 Å². The molecule has 0 atom stereocenters. The van der Waals surface area contributed by atoms with Crippen LogP contribution in [0.3, 0.4) is 0 Å². The first-order chi connectivity index (χ1) is 14.4. The number of hydrogen-bond acceptors (Lipinski definition) is 4. The summed E-state index contributed by atoms with van der Waals surface area (Å²) in [6.07, 6.45) is -0.0945. The number of hydrogen-bond donors (Lipinski definition) is 3. The Balaban J connectivity index is 1.79. The molecule has 31 heavy (non-hydrogen) atoms. The third-order valence-corrected chi connectivity index (χ3v) is 6.55. The Hall–Kier alpha value is -2.42. The largest absolute Gasteiger partial charge is 0.347 e. The van der Waals surface area contributed by atoms with Crippen LogP contribution < -0.4 is 15.4 Å². The SMILES string of the molecule is Cc1c(Cl)cccc1NC(=O)CNC(=O)CCNS(=O)(=O)c1ccc(C(C)(C)C)cc1. The quantitative estimate of drug-likeness (QED) is 0.555. The third kappa shape index (κ3) is 7.34. The van der Waals surface area contributed by atoms with Crippen LogP contribution in [0.15, 0.2) is 47.4 Å². The molecule has 0 aliphatic carbocycles. The molecule has 0 radical (unpaired) electrons. The number of amides is 2. The van der Waals surface area contributed by atoms with Crippen molar-refractivity contribution in [3.8, 4) is 0 Å². The van der Waals surface area contributed by atoms with E-state index in [2.05, 4.69) is 15.4 Å². The lowest BCUT2D eigenvalue weighted by atomic mass is 9.87. The molecule has 0 saturated heterocycles. The number of sulfonamides is 1. The van der Waals surface area contributed by atoms with E-state index < -0.39 is 21.8 Å². The van der Waals surface area contributed by atoms with Gasteiger partial charge in [0.25, 0.3) is 0 Å². The molecule has 7 nitrogen and oxygen atoms in total. The van der Waals surface area contributed by atoms with Crippen molar-refractivity contribution in [2.75, 3.05) is 18.4 Å². The Bertz CT molecular complexity index is 1050. The summed E-state index contributed by atoms with van der Waals surface area (Å²) in [5.74, 6) is -0.845. The number of carbonyl (C=O) groups excluding carboxylic acids is 2. The normalized spacial score (nSPS) is 11.8. The average Bonchev–Trinajstić information content (AvgIpc) is 2.69. The van der Waals surface area contributed by atoms with Crippen LogP contribution in [0.25, 0.3) is 0 Å². The molecule has 0 spiro atoms. The van der Waals surface area contributed by atoms with E-state index in [-0.39, 0.29) is 29.8 Å². The molecular weight excluding hydrogens is 438 g/mol. The molecule has 0 heterocycles. The third-order valence-electron chi connectivity index (χ3n) is 4.66. The van der Waals surface area contributed by atoms with Crippen molar-refractivity contribution >= 4 is 39.1 Å². The van der Waals surface area contributed by atoms with Crippen molar-refractivity contribution in [3.05, 3.63) is 58.6 Å². The van der Waals surface area contributed by atoms with Gasteiger partial charge in [0.1, 0.15) is 0 Å². The number of nitrogens with one attached hydrogen (secondary N) is 3. The molecule has 3 N–H and O–H groups in total. The maximum absolute atomic E-state index is 12.4. The van der Waals surface area contributed by atoms with E-state index in [1.807, 2.05) is 20.8 Å². The monoisotopic (exact) mass is 465 g/mol. The lowest BCUT2D eigenvalue weighted by molar-refractivity contribution is -0.124. The Morgan fingerprint density at radius 2 is 1.65 bits per heavy atom. The standard InChI is InChI=1S/C22H28ClN3O4S/c1-15-18(23)6-5-7-19(15)26-21(28)14-24-20(27)12-13-25-31(29,30)17-10-8-16(9-11-17)22(2,3)4/h5-11,25H,12-14H2,1-4H3,(H,24,27)(H,26,28). The van der Waals surface area contributed by atoms with E-state index >= 15 is 0 Å². The summed E-state index contributed by atoms with van der Waals surface area (Å²) >= 11 is 6.01. The fourth-order valence-corrected chi connectivity index (χ4v) is 3.93. The summed E-state index contributed by atoms with van der Waals surface area (Å²) in [6.45, 7) is 7.60. The number of halogens is 1. The molecule has 2 aromatic rings. The van der Waals surface area contributed by atoms with Gasteiger partial charge in [0.15, 0.2) is 0 Å². The Morgan fingerprint density at radius 1 is 1.00 bits per heavy atom. The fraction of sp³-hybridized carbons (Fsp3) is 0.364. The predicted octanol–water partition coefficient (Wildman–Crippen LogP) is 3.37. The van der Waals surface area contributed by atoms with Gasteiger partial charge in [0.2, 0.25) is 21.8 Å². The minimum atomic E-state index is -3.72. The first kappa shape index (κ1) is 24.8. The topological polar surface area (TPSA) is 104 Å². The first-order valence-electron chi connectivity index (χ1n) is 9.82. The summed E-state index contributed by atoms with van der Waals surface area (Å²) in [5.41, 5.74) is 2.24. The molecule has 0 aliphatic heterocycles. The highest BCUT2D eigenvalue weighted by Crippen LogP contribution is 2.24. The zero-order valence-corrected chi connectivity index (χ0v) is 19.7. The van der Waals surface area contributed by atoms with E-state index in [1.54, 1.807) is 49.4 Å². The lowest BCUT2D eigenvalue weighted by Crippen LogP contribution is -2.35. The molecule has 0 unspecified atom stereocenters. The van der Waals surface area contributed by atoms with E-state index in [0.29, 0.717) is 10.7 Å². The highest BCUT2D eigenvalue weighted by atomic mass is 35.5. The first-order valence-corrected chi connectivity index (χ1v) is 11.7. The molecule has 2 rings (SSSR count). The van der Waals surface area contributed by atoms with Gasteiger partial charge in [-0.2, -0.15) is 0 Å². The highest BCUT2D eigenvalue weighted by molar-refractivity contribution is 7.89. The molecule has 0 saturated carbocycles. The van der Waals surface area contributed by atoms with E-state index in [1.165, 1.54) is 0 Å². The van der Waals surface area contributed by atoms with Crippen LogP contribution >= 0.6 is 11.6 Å². The molecule has 168 valence electrons. The van der Waals surface area contributed by atoms with Crippen LogP contribution in [0.5, 0.6) is 0 Å². The summed E-state index contributed by atoms with van der Waals surface area (Å²) in [6, 6.07) is 11.8. The summed E-state index contributed by atoms with van der Waals surface area (Å²) in [5, 5.41) is 5.67. The zero-order chi connectivity index (χ0) is 23.2. The molecule has 0 aliphatic rings. The van der Waals surface area contributed by atoms with Gasteiger partial charge in [-0.05, 0) is 47.7 Å². The van der Waals surface area contributed by atoms with Crippen molar-refractivity contribution < 1.29 is 18.0 Å². The van der Waals surface area contributed by atoms with Gasteiger partial charge in [0, 0.05) is 23.7 Å². The second kappa shape index (κ2) is 10.3. The summed E-state index contributed by atoms with van der Waals surface area (Å²) < 4.78 is 27.2. The molecular formula is C22H28ClN3O4S. The van der Waals surface area contributed by atoms with Crippen LogP contribution in [0.1, 0.15) is 38.3 Å². The number of benzene rings is 2. The molecule has 0 fully saturated rings. The fourth-order valence-electron chi connectivity index (χ4n) is 2.72. The second-order valence-electron chi connectivity index (χ2n) is 8.16. The molecule has 2 aromatic carbocycles. The van der Waals surface area contributed by atoms with Gasteiger partial charge < -0.3 is 10.6 Å². The van der Waals surface area contributed by atoms with Gasteiger partial charge >= 0.3 is 0 Å². The highest BCUT2D eigenvalue weighted by Gasteiger charge is 2.18. The maximum Gasteiger partial charge on any atom is 0.243 e. The Labute approximate surface area is 188 Å². The van der Waals surface area contributed by atoms with Gasteiger partial charge in [-0.15, -0.1) is 0 Å². The van der Waals surface area contributed by atoms with Crippen molar-refractivity contribution in [1.29, 1.82) is 0 Å². The van der Waals surface area contributed by atoms with Crippen LogP contribution in [0.4, 0.5) is 5.69 Å². The minimum Gasteiger partial charge on any atom is -0.347 e. The van der Waals surface area contributed by atoms with E-state index in [9.17, 15) is 18.0 Å². The minimum absolute atomic E-state index is 0.0778. The molecule has 0 aromatic heterocycles. The molecule has 9 heteroatoms. The van der Waals surface area contributed by atoms with Crippen molar-refractivity contribution in [2.45, 2.75) is 44.4 Å². The van der Waals surface area contributed by atoms with Crippen molar-refractivity contribution in [3.63, 3.8) is 0 Å². The predicted molar refractivity (Wildman–Crippen MR) is 123 cm³/mol. The zero-order valence-electron chi connectivity index (χ0n) is 18.1. The van der Waals surface area contributed by atoms with Crippen molar-refractivity contribution in [2.24, 2.45) is 0 Å². The average molecular weight is 466 g/mol. The number of carbonyl (C=O) groups is 2. The maximum atomic E-state index is 12.4. The van der Waals surface area contributed by atoms with Crippen molar-refractivity contribution in [1.82, 2.24) is 10.0 Å². The smallest absolute Gasteiger partial charge is 0.243 e. The van der Waals surface area contributed by atoms with Gasteiger partial charge in [0.05, 0.1) is 11.4 Å². The van der Waals surface area contributed by atoms with Gasteiger partial charge in [-0.1, -0.05) is 50.6 Å². The Kier molecular flexibility index (Phi) is 8.22.